The number of nitrogens with one attached hydrogen (secondary N) is 1. The van der Waals surface area contributed by atoms with Crippen LogP contribution in [-0.4, -0.2) is 69.4 Å². The van der Waals surface area contributed by atoms with Gasteiger partial charge in [0.15, 0.2) is 0 Å². The van der Waals surface area contributed by atoms with E-state index in [-0.39, 0.29) is 24.9 Å². The van der Waals surface area contributed by atoms with Gasteiger partial charge >= 0.3 is 5.97 Å². The zero-order valence-corrected chi connectivity index (χ0v) is 51.8. The second-order valence-electron chi connectivity index (χ2n) is 22.6. The summed E-state index contributed by atoms with van der Waals surface area (Å²) in [7, 11) is 1.17. The molecular weight excluding hydrogens is 976 g/mol. The second-order valence-corrected chi connectivity index (χ2v) is 24.0. The maximum absolute atomic E-state index is 13.5. The number of nitrogens with zero attached hydrogens (tertiary/aromatic N) is 1. The molecule has 3 unspecified atom stereocenters. The van der Waals surface area contributed by atoms with E-state index >= 15 is 0 Å². The average molecular weight is 1100 g/mol. The van der Waals surface area contributed by atoms with E-state index in [4.69, 9.17) is 13.8 Å². The number of unbranched alkanes of at least 4 members (excludes halogenated alkanes) is 30. The monoisotopic (exact) mass is 1100 g/mol. The molecule has 0 saturated carbocycles. The van der Waals surface area contributed by atoms with E-state index in [0.717, 1.165) is 122 Å². The van der Waals surface area contributed by atoms with Crippen LogP contribution in [0, 0.1) is 0 Å². The Morgan fingerprint density at radius 2 is 0.831 bits per heavy atom. The highest BCUT2D eigenvalue weighted by molar-refractivity contribution is 7.45. The Morgan fingerprint density at radius 3 is 1.29 bits per heavy atom. The van der Waals surface area contributed by atoms with Crippen LogP contribution in [0.4, 0.5) is 0 Å². The van der Waals surface area contributed by atoms with Crippen molar-refractivity contribution in [3.05, 3.63) is 85.1 Å². The lowest BCUT2D eigenvalue weighted by molar-refractivity contribution is -0.870. The van der Waals surface area contributed by atoms with Crippen molar-refractivity contribution < 1.29 is 37.3 Å². The van der Waals surface area contributed by atoms with Gasteiger partial charge in [0.1, 0.15) is 19.3 Å². The van der Waals surface area contributed by atoms with Crippen LogP contribution < -0.4 is 10.2 Å². The molecule has 0 spiro atoms. The summed E-state index contributed by atoms with van der Waals surface area (Å²) in [5, 5.41) is 3.02. The fourth-order valence-corrected chi connectivity index (χ4v) is 9.57. The van der Waals surface area contributed by atoms with Crippen LogP contribution in [0.3, 0.4) is 0 Å². The molecule has 0 radical (unpaired) electrons. The lowest BCUT2D eigenvalue weighted by Gasteiger charge is -2.30. The molecule has 9 nitrogen and oxygen atoms in total. The molecule has 0 aromatic carbocycles. The lowest BCUT2D eigenvalue weighted by Crippen LogP contribution is -2.47. The van der Waals surface area contributed by atoms with Gasteiger partial charge in [-0.2, -0.15) is 0 Å². The molecule has 0 fully saturated rings. The molecule has 0 bridgehead atoms. The molecule has 1 N–H and O–H groups in total. The molecule has 0 aromatic heterocycles. The van der Waals surface area contributed by atoms with Crippen molar-refractivity contribution >= 4 is 19.7 Å². The van der Waals surface area contributed by atoms with Crippen molar-refractivity contribution in [1.82, 2.24) is 5.32 Å². The first-order valence-corrected chi connectivity index (χ1v) is 33.4. The number of amides is 1. The van der Waals surface area contributed by atoms with Crippen LogP contribution in [0.15, 0.2) is 85.1 Å². The summed E-state index contributed by atoms with van der Waals surface area (Å²) in [6.07, 6.45) is 74.1. The predicted molar refractivity (Wildman–Crippen MR) is 330 cm³/mol. The SMILES string of the molecule is CCCCC/C=C\C/C=C\C/C=C\C/C=C\CCCCCCCCCCCC(=O)OC(/C=C\CCCCCCCCCCC)C(COP(=O)([O-])OCC[N+](C)(C)C)NC(=O)CCCCCCCC/C=C/C=C/CCCCC. The lowest BCUT2D eigenvalue weighted by atomic mass is 10.0. The van der Waals surface area contributed by atoms with Gasteiger partial charge in [0.25, 0.3) is 7.82 Å². The van der Waals surface area contributed by atoms with Crippen LogP contribution >= 0.6 is 7.82 Å². The van der Waals surface area contributed by atoms with Gasteiger partial charge in [0.05, 0.1) is 33.8 Å². The first-order chi connectivity index (χ1) is 37.4. The number of ether oxygens (including phenoxy) is 1. The number of carbonyl (C=O) groups excluding carboxylic acids is 2. The summed E-state index contributed by atoms with van der Waals surface area (Å²) >= 11 is 0. The molecule has 0 aliphatic rings. The van der Waals surface area contributed by atoms with Crippen LogP contribution in [0.2, 0.25) is 0 Å². The van der Waals surface area contributed by atoms with Gasteiger partial charge in [-0.25, -0.2) is 0 Å². The minimum atomic E-state index is -4.70. The van der Waals surface area contributed by atoms with Gasteiger partial charge in [0.2, 0.25) is 5.91 Å². The molecule has 3 atom stereocenters. The molecule has 77 heavy (non-hydrogen) atoms. The number of hydrogen-bond acceptors (Lipinski definition) is 7. The number of quaternary nitrogens is 1. The first-order valence-electron chi connectivity index (χ1n) is 31.9. The van der Waals surface area contributed by atoms with Crippen LogP contribution in [0.5, 0.6) is 0 Å². The zero-order valence-electron chi connectivity index (χ0n) is 50.9. The molecule has 0 saturated heterocycles. The number of likely N-dealkylation sites (N-methyl/N-ethyl adjacent to an activating group) is 1. The van der Waals surface area contributed by atoms with E-state index in [1.54, 1.807) is 0 Å². The average Bonchev–Trinajstić information content (AvgIpc) is 3.39. The van der Waals surface area contributed by atoms with E-state index in [1.807, 2.05) is 33.3 Å². The van der Waals surface area contributed by atoms with Gasteiger partial charge in [-0.05, 0) is 102 Å². The van der Waals surface area contributed by atoms with Gasteiger partial charge in [0, 0.05) is 12.8 Å². The number of carbonyl (C=O) groups is 2. The molecule has 0 heterocycles. The maximum atomic E-state index is 13.5. The van der Waals surface area contributed by atoms with E-state index in [0.29, 0.717) is 17.4 Å². The van der Waals surface area contributed by atoms with E-state index in [2.05, 4.69) is 99.0 Å². The van der Waals surface area contributed by atoms with Crippen molar-refractivity contribution in [3.8, 4) is 0 Å². The Morgan fingerprint density at radius 1 is 0.468 bits per heavy atom. The molecule has 0 rings (SSSR count). The second kappa shape index (κ2) is 56.5. The highest BCUT2D eigenvalue weighted by Crippen LogP contribution is 2.38. The minimum absolute atomic E-state index is 0.0288. The summed E-state index contributed by atoms with van der Waals surface area (Å²) in [6, 6.07) is -0.900. The number of hydrogen-bond donors (Lipinski definition) is 1. The van der Waals surface area contributed by atoms with Gasteiger partial charge in [-0.3, -0.25) is 14.2 Å². The minimum Gasteiger partial charge on any atom is -0.756 e. The normalized spacial score (nSPS) is 14.2. The van der Waals surface area contributed by atoms with Crippen molar-refractivity contribution in [2.75, 3.05) is 40.9 Å². The third-order valence-corrected chi connectivity index (χ3v) is 14.8. The van der Waals surface area contributed by atoms with E-state index in [9.17, 15) is 19.0 Å². The van der Waals surface area contributed by atoms with Gasteiger partial charge in [-0.1, -0.05) is 247 Å². The third kappa shape index (κ3) is 57.7. The number of phosphoric acid groups is 1. The molecule has 446 valence electrons. The Balaban J connectivity index is 5.14. The zero-order chi connectivity index (χ0) is 56.4. The van der Waals surface area contributed by atoms with Crippen LogP contribution in [-0.2, 0) is 27.9 Å². The molecule has 10 heteroatoms. The molecule has 0 aliphatic heterocycles. The van der Waals surface area contributed by atoms with E-state index in [1.165, 1.54) is 122 Å². The van der Waals surface area contributed by atoms with Crippen molar-refractivity contribution in [2.45, 2.75) is 290 Å². The standard InChI is InChI=1S/C67H121N2O7P/c1-7-10-13-16-19-22-25-27-29-30-31-32-33-34-35-36-37-38-40-42-45-48-51-54-57-60-67(71)76-65(58-55-52-49-46-43-24-21-18-15-12-9-3)64(63-75-77(72,73)74-62-61-69(4,5)6)68-66(70)59-56-53-50-47-44-41-39-28-26-23-20-17-14-11-8-2/h19-20,22-23,26-29,31-32,34-35,55,58,64-65H,7-18,21,24-25,30,33,36-54,56-57,59-63H2,1-6H3,(H-,68,70,72,73)/b22-19-,23-20+,28-26+,29-27-,32-31-,35-34-,58-55-. The summed E-state index contributed by atoms with van der Waals surface area (Å²) in [4.78, 5) is 40.0. The summed E-state index contributed by atoms with van der Waals surface area (Å²) in [5.74, 6) is -0.562. The summed E-state index contributed by atoms with van der Waals surface area (Å²) < 4.78 is 30.3. The Kier molecular flexibility index (Phi) is 54.4. The van der Waals surface area contributed by atoms with Crippen molar-refractivity contribution in [3.63, 3.8) is 0 Å². The molecule has 0 aromatic rings. The Bertz CT molecular complexity index is 1590. The van der Waals surface area contributed by atoms with Gasteiger partial charge < -0.3 is 28.5 Å². The highest BCUT2D eigenvalue weighted by atomic mass is 31.2. The van der Waals surface area contributed by atoms with Crippen LogP contribution in [0.1, 0.15) is 278 Å². The van der Waals surface area contributed by atoms with Crippen molar-refractivity contribution in [1.29, 1.82) is 0 Å². The fourth-order valence-electron chi connectivity index (χ4n) is 8.85. The summed E-state index contributed by atoms with van der Waals surface area (Å²) in [6.45, 7) is 6.77. The number of allylic oxidation sites excluding steroid dienone is 13. The maximum Gasteiger partial charge on any atom is 0.306 e. The Hall–Kier alpha value is -2.81. The largest absolute Gasteiger partial charge is 0.756 e. The first kappa shape index (κ1) is 74.2. The number of phosphoric ester groups is 1. The third-order valence-electron chi connectivity index (χ3n) is 13.8. The fraction of sp³-hybridized carbons (Fsp3) is 0.761. The van der Waals surface area contributed by atoms with E-state index < -0.39 is 26.6 Å². The number of rotatable bonds is 57. The molecular formula is C67H121N2O7P. The van der Waals surface area contributed by atoms with Crippen LogP contribution in [0.25, 0.3) is 0 Å². The molecule has 0 aliphatic carbocycles. The quantitative estimate of drug-likeness (QED) is 0.0161. The smallest absolute Gasteiger partial charge is 0.306 e. The topological polar surface area (TPSA) is 114 Å². The predicted octanol–water partition coefficient (Wildman–Crippen LogP) is 19.1. The molecule has 1 amide bonds. The Labute approximate surface area is 476 Å². The number of esters is 1. The highest BCUT2D eigenvalue weighted by Gasteiger charge is 2.27. The van der Waals surface area contributed by atoms with Gasteiger partial charge in [-0.15, -0.1) is 0 Å². The van der Waals surface area contributed by atoms with Crippen molar-refractivity contribution in [2.24, 2.45) is 0 Å². The summed E-state index contributed by atoms with van der Waals surface area (Å²) in [5.41, 5.74) is 0.